The van der Waals surface area contributed by atoms with E-state index in [0.29, 0.717) is 0 Å². The number of hydrogen-bond acceptors (Lipinski definition) is 4. The molecule has 0 saturated heterocycles. The minimum Gasteiger partial charge on any atom is -0.478 e. The molecule has 0 aliphatic rings. The number of pyridine rings is 1. The second-order valence-corrected chi connectivity index (χ2v) is 4.43. The first-order valence-electron chi connectivity index (χ1n) is 6.13. The summed E-state index contributed by atoms with van der Waals surface area (Å²) in [4.78, 5) is 19.2. The van der Waals surface area contributed by atoms with Crippen LogP contribution in [0.2, 0.25) is 0 Å². The molecule has 5 nitrogen and oxygen atoms in total. The normalized spacial score (nSPS) is 10.7. The van der Waals surface area contributed by atoms with Crippen molar-refractivity contribution in [1.29, 1.82) is 0 Å². The smallest absolute Gasteiger partial charge is 0.339 e. The van der Waals surface area contributed by atoms with Crippen LogP contribution < -0.4 is 4.90 Å². The van der Waals surface area contributed by atoms with Crippen LogP contribution in [0.3, 0.4) is 0 Å². The first kappa shape index (κ1) is 14.4. The van der Waals surface area contributed by atoms with E-state index in [-0.39, 0.29) is 5.56 Å². The number of aromatic nitrogens is 1. The van der Waals surface area contributed by atoms with Gasteiger partial charge in [-0.05, 0) is 40.1 Å². The molecule has 0 bridgehead atoms. The lowest BCUT2D eigenvalue weighted by Gasteiger charge is -2.25. The van der Waals surface area contributed by atoms with Gasteiger partial charge in [-0.2, -0.15) is 0 Å². The molecule has 100 valence electrons. The number of rotatable bonds is 7. The molecule has 0 unspecified atom stereocenters. The monoisotopic (exact) mass is 251 g/mol. The Morgan fingerprint density at radius 1 is 1.39 bits per heavy atom. The Hall–Kier alpha value is -1.62. The van der Waals surface area contributed by atoms with E-state index in [1.54, 1.807) is 12.3 Å². The summed E-state index contributed by atoms with van der Waals surface area (Å²) in [6.07, 6.45) is 4.05. The SMILES string of the molecule is CCN(CCCN(C)C)c1ccncc1C(=O)O. The summed E-state index contributed by atoms with van der Waals surface area (Å²) in [7, 11) is 4.07. The van der Waals surface area contributed by atoms with Crippen LogP contribution >= 0.6 is 0 Å². The third-order valence-electron chi connectivity index (χ3n) is 2.78. The summed E-state index contributed by atoms with van der Waals surface area (Å²) < 4.78 is 0. The van der Waals surface area contributed by atoms with Gasteiger partial charge < -0.3 is 14.9 Å². The lowest BCUT2D eigenvalue weighted by atomic mass is 10.2. The van der Waals surface area contributed by atoms with Gasteiger partial charge >= 0.3 is 5.97 Å². The number of carboxylic acids is 1. The van der Waals surface area contributed by atoms with Gasteiger partial charge in [0.25, 0.3) is 0 Å². The van der Waals surface area contributed by atoms with Gasteiger partial charge in [0.1, 0.15) is 5.56 Å². The van der Waals surface area contributed by atoms with Crippen LogP contribution in [0.1, 0.15) is 23.7 Å². The van der Waals surface area contributed by atoms with Gasteiger partial charge in [-0.3, -0.25) is 4.98 Å². The molecular weight excluding hydrogens is 230 g/mol. The second kappa shape index (κ2) is 6.96. The quantitative estimate of drug-likeness (QED) is 0.797. The number of carbonyl (C=O) groups is 1. The summed E-state index contributed by atoms with van der Waals surface area (Å²) in [5.74, 6) is -0.927. The summed E-state index contributed by atoms with van der Waals surface area (Å²) in [6.45, 7) is 4.66. The molecule has 1 aromatic heterocycles. The molecule has 1 rings (SSSR count). The molecule has 0 radical (unpaired) electrons. The maximum atomic E-state index is 11.1. The molecule has 0 spiro atoms. The van der Waals surface area contributed by atoms with E-state index in [1.165, 1.54) is 6.20 Å². The van der Waals surface area contributed by atoms with Crippen LogP contribution in [0.5, 0.6) is 0 Å². The molecule has 0 aliphatic carbocycles. The van der Waals surface area contributed by atoms with Crippen LogP contribution in [-0.4, -0.2) is 54.7 Å². The van der Waals surface area contributed by atoms with Crippen molar-refractivity contribution in [3.8, 4) is 0 Å². The third-order valence-corrected chi connectivity index (χ3v) is 2.78. The van der Waals surface area contributed by atoms with Crippen molar-refractivity contribution >= 4 is 11.7 Å². The van der Waals surface area contributed by atoms with Crippen LogP contribution in [0, 0.1) is 0 Å². The van der Waals surface area contributed by atoms with Crippen LogP contribution in [0.4, 0.5) is 5.69 Å². The molecule has 1 aromatic rings. The number of carboxylic acid groups (broad SMARTS) is 1. The Balaban J connectivity index is 2.78. The van der Waals surface area contributed by atoms with Gasteiger partial charge in [-0.1, -0.05) is 0 Å². The van der Waals surface area contributed by atoms with Gasteiger partial charge in [0.15, 0.2) is 0 Å². The fraction of sp³-hybridized carbons (Fsp3) is 0.538. The Morgan fingerprint density at radius 3 is 2.67 bits per heavy atom. The van der Waals surface area contributed by atoms with Gasteiger partial charge in [-0.15, -0.1) is 0 Å². The van der Waals surface area contributed by atoms with Crippen molar-refractivity contribution in [2.24, 2.45) is 0 Å². The molecule has 1 N–H and O–H groups in total. The maximum Gasteiger partial charge on any atom is 0.339 e. The predicted molar refractivity (Wildman–Crippen MR) is 72.3 cm³/mol. The number of aromatic carboxylic acids is 1. The molecule has 0 atom stereocenters. The molecule has 0 fully saturated rings. The highest BCUT2D eigenvalue weighted by atomic mass is 16.4. The first-order valence-corrected chi connectivity index (χ1v) is 6.13. The highest BCUT2D eigenvalue weighted by molar-refractivity contribution is 5.94. The first-order chi connectivity index (χ1) is 8.56. The average Bonchev–Trinajstić information content (AvgIpc) is 2.34. The standard InChI is InChI=1S/C13H21N3O2/c1-4-16(9-5-8-15(2)3)12-6-7-14-10-11(12)13(17)18/h6-7,10H,4-5,8-9H2,1-3H3,(H,17,18). The minimum absolute atomic E-state index is 0.268. The fourth-order valence-corrected chi connectivity index (χ4v) is 1.85. The summed E-state index contributed by atoms with van der Waals surface area (Å²) in [5, 5.41) is 9.15. The van der Waals surface area contributed by atoms with Crippen molar-refractivity contribution in [3.05, 3.63) is 24.0 Å². The van der Waals surface area contributed by atoms with Gasteiger partial charge in [0.05, 0.1) is 5.69 Å². The van der Waals surface area contributed by atoms with Crippen LogP contribution in [-0.2, 0) is 0 Å². The van der Waals surface area contributed by atoms with Gasteiger partial charge in [0.2, 0.25) is 0 Å². The fourth-order valence-electron chi connectivity index (χ4n) is 1.85. The Kier molecular flexibility index (Phi) is 5.58. The van der Waals surface area contributed by atoms with Crippen molar-refractivity contribution < 1.29 is 9.90 Å². The van der Waals surface area contributed by atoms with Crippen molar-refractivity contribution in [3.63, 3.8) is 0 Å². The zero-order valence-corrected chi connectivity index (χ0v) is 11.3. The summed E-state index contributed by atoms with van der Waals surface area (Å²) in [5.41, 5.74) is 1.02. The lowest BCUT2D eigenvalue weighted by Crippen LogP contribution is -2.28. The molecular formula is C13H21N3O2. The summed E-state index contributed by atoms with van der Waals surface area (Å²) >= 11 is 0. The molecule has 0 saturated carbocycles. The molecule has 5 heteroatoms. The predicted octanol–water partition coefficient (Wildman–Crippen LogP) is 1.56. The zero-order chi connectivity index (χ0) is 13.5. The van der Waals surface area contributed by atoms with Crippen molar-refractivity contribution in [2.45, 2.75) is 13.3 Å². The lowest BCUT2D eigenvalue weighted by molar-refractivity contribution is 0.0697. The van der Waals surface area contributed by atoms with Crippen LogP contribution in [0.25, 0.3) is 0 Å². The topological polar surface area (TPSA) is 56.7 Å². The molecule has 0 amide bonds. The Morgan fingerprint density at radius 2 is 2.11 bits per heavy atom. The van der Waals surface area contributed by atoms with E-state index in [2.05, 4.69) is 14.8 Å². The number of anilines is 1. The largest absolute Gasteiger partial charge is 0.478 e. The van der Waals surface area contributed by atoms with E-state index in [9.17, 15) is 4.79 Å². The highest BCUT2D eigenvalue weighted by Crippen LogP contribution is 2.19. The van der Waals surface area contributed by atoms with E-state index < -0.39 is 5.97 Å². The maximum absolute atomic E-state index is 11.1. The molecule has 18 heavy (non-hydrogen) atoms. The van der Waals surface area contributed by atoms with Crippen LogP contribution in [0.15, 0.2) is 18.5 Å². The molecule has 0 aromatic carbocycles. The van der Waals surface area contributed by atoms with E-state index in [0.717, 1.165) is 31.7 Å². The molecule has 1 heterocycles. The highest BCUT2D eigenvalue weighted by Gasteiger charge is 2.14. The zero-order valence-electron chi connectivity index (χ0n) is 11.3. The summed E-state index contributed by atoms with van der Waals surface area (Å²) in [6, 6.07) is 1.77. The van der Waals surface area contributed by atoms with E-state index >= 15 is 0 Å². The van der Waals surface area contributed by atoms with Crippen molar-refractivity contribution in [1.82, 2.24) is 9.88 Å². The molecule has 0 aliphatic heterocycles. The van der Waals surface area contributed by atoms with Gasteiger partial charge in [-0.25, -0.2) is 4.79 Å². The number of nitrogens with zero attached hydrogens (tertiary/aromatic N) is 3. The minimum atomic E-state index is -0.927. The van der Waals surface area contributed by atoms with Crippen molar-refractivity contribution in [2.75, 3.05) is 38.6 Å². The van der Waals surface area contributed by atoms with E-state index in [4.69, 9.17) is 5.11 Å². The average molecular weight is 251 g/mol. The second-order valence-electron chi connectivity index (χ2n) is 4.43. The third kappa shape index (κ3) is 4.00. The number of hydrogen-bond donors (Lipinski definition) is 1. The van der Waals surface area contributed by atoms with E-state index in [1.807, 2.05) is 21.0 Å². The van der Waals surface area contributed by atoms with Gasteiger partial charge in [0, 0.05) is 25.5 Å². The Labute approximate surface area is 108 Å². The Bertz CT molecular complexity index is 394.